The molecule has 0 aliphatic carbocycles. The molecule has 0 spiro atoms. The maximum atomic E-state index is 13.2. The summed E-state index contributed by atoms with van der Waals surface area (Å²) < 4.78 is 38.3. The molecule has 1 saturated heterocycles. The Morgan fingerprint density at radius 3 is 2.42 bits per heavy atom. The highest BCUT2D eigenvalue weighted by molar-refractivity contribution is 7.99. The molecule has 0 saturated carbocycles. The number of rotatable bonds is 7. The lowest BCUT2D eigenvalue weighted by Gasteiger charge is -2.26. The molecule has 1 heterocycles. The molecular formula is C24H24N2O5S2. The van der Waals surface area contributed by atoms with E-state index in [-0.39, 0.29) is 29.3 Å². The van der Waals surface area contributed by atoms with E-state index in [1.165, 1.54) is 35.3 Å². The van der Waals surface area contributed by atoms with Gasteiger partial charge in [0, 0.05) is 28.4 Å². The van der Waals surface area contributed by atoms with Crippen LogP contribution in [0.25, 0.3) is 0 Å². The first-order chi connectivity index (χ1) is 16.0. The third kappa shape index (κ3) is 5.39. The van der Waals surface area contributed by atoms with Crippen molar-refractivity contribution in [3.05, 3.63) is 78.4 Å². The Morgan fingerprint density at radius 1 is 1.00 bits per heavy atom. The Labute approximate surface area is 197 Å². The maximum Gasteiger partial charge on any atom is 0.255 e. The van der Waals surface area contributed by atoms with Crippen molar-refractivity contribution < 1.29 is 22.7 Å². The highest BCUT2D eigenvalue weighted by Crippen LogP contribution is 2.34. The van der Waals surface area contributed by atoms with Gasteiger partial charge < -0.3 is 14.8 Å². The summed E-state index contributed by atoms with van der Waals surface area (Å²) in [6.45, 7) is 1.17. The number of sulfonamides is 1. The van der Waals surface area contributed by atoms with Gasteiger partial charge in [-0.25, -0.2) is 8.42 Å². The van der Waals surface area contributed by atoms with Crippen molar-refractivity contribution in [3.8, 4) is 5.75 Å². The summed E-state index contributed by atoms with van der Waals surface area (Å²) in [5.41, 5.74) is 0.868. The van der Waals surface area contributed by atoms with Crippen LogP contribution in [-0.2, 0) is 14.8 Å². The molecule has 0 atom stereocenters. The van der Waals surface area contributed by atoms with Gasteiger partial charge in [-0.2, -0.15) is 4.31 Å². The standard InChI is InChI=1S/C24H24N2O5S2/c1-30-21-12-11-18(17-23(21)33(28,29)26-13-15-31-16-14-26)24(27)25-20-9-5-6-10-22(20)32-19-7-3-2-4-8-19/h2-12,17H,13-16H2,1H3,(H,25,27). The Hall–Kier alpha value is -2.85. The lowest BCUT2D eigenvalue weighted by molar-refractivity contribution is 0.0729. The van der Waals surface area contributed by atoms with Crippen molar-refractivity contribution in [3.63, 3.8) is 0 Å². The van der Waals surface area contributed by atoms with Crippen LogP contribution in [0.4, 0.5) is 5.69 Å². The van der Waals surface area contributed by atoms with Crippen molar-refractivity contribution >= 4 is 33.4 Å². The number of ether oxygens (including phenoxy) is 2. The van der Waals surface area contributed by atoms with Gasteiger partial charge in [-0.15, -0.1) is 0 Å². The summed E-state index contributed by atoms with van der Waals surface area (Å²) in [7, 11) is -2.43. The number of nitrogens with one attached hydrogen (secondary N) is 1. The zero-order valence-electron chi connectivity index (χ0n) is 18.1. The van der Waals surface area contributed by atoms with Crippen LogP contribution >= 0.6 is 11.8 Å². The SMILES string of the molecule is COc1ccc(C(=O)Nc2ccccc2Sc2ccccc2)cc1S(=O)(=O)N1CCOCC1. The number of hydrogen-bond donors (Lipinski definition) is 1. The number of nitrogens with zero attached hydrogens (tertiary/aromatic N) is 1. The number of para-hydroxylation sites is 1. The molecule has 9 heteroatoms. The summed E-state index contributed by atoms with van der Waals surface area (Å²) in [6.07, 6.45) is 0. The van der Waals surface area contributed by atoms with E-state index in [9.17, 15) is 13.2 Å². The topological polar surface area (TPSA) is 84.9 Å². The van der Waals surface area contributed by atoms with Gasteiger partial charge in [-0.3, -0.25) is 4.79 Å². The van der Waals surface area contributed by atoms with E-state index in [4.69, 9.17) is 9.47 Å². The summed E-state index contributed by atoms with van der Waals surface area (Å²) in [5, 5.41) is 2.91. The number of anilines is 1. The minimum Gasteiger partial charge on any atom is -0.495 e. The van der Waals surface area contributed by atoms with E-state index in [2.05, 4.69) is 5.32 Å². The maximum absolute atomic E-state index is 13.2. The molecule has 33 heavy (non-hydrogen) atoms. The molecule has 0 unspecified atom stereocenters. The van der Waals surface area contributed by atoms with Gasteiger partial charge in [0.1, 0.15) is 10.6 Å². The molecule has 1 fully saturated rings. The van der Waals surface area contributed by atoms with E-state index in [0.29, 0.717) is 18.9 Å². The number of carbonyl (C=O) groups is 1. The number of methoxy groups -OCH3 is 1. The fraction of sp³-hybridized carbons (Fsp3) is 0.208. The Bertz CT molecular complexity index is 1230. The van der Waals surface area contributed by atoms with Crippen LogP contribution in [0, 0.1) is 0 Å². The van der Waals surface area contributed by atoms with Crippen LogP contribution in [0.3, 0.4) is 0 Å². The third-order valence-corrected chi connectivity index (χ3v) is 8.12. The number of carbonyl (C=O) groups excluding carboxylic acids is 1. The van der Waals surface area contributed by atoms with Crippen molar-refractivity contribution in [1.29, 1.82) is 0 Å². The molecule has 1 amide bonds. The predicted molar refractivity (Wildman–Crippen MR) is 128 cm³/mol. The zero-order chi connectivity index (χ0) is 23.3. The van der Waals surface area contributed by atoms with Gasteiger partial charge in [0.25, 0.3) is 5.91 Å². The average molecular weight is 485 g/mol. The van der Waals surface area contributed by atoms with Gasteiger partial charge in [-0.05, 0) is 42.5 Å². The van der Waals surface area contributed by atoms with Crippen molar-refractivity contribution in [2.24, 2.45) is 0 Å². The third-order valence-electron chi connectivity index (χ3n) is 5.12. The van der Waals surface area contributed by atoms with Gasteiger partial charge in [-0.1, -0.05) is 42.1 Å². The second kappa shape index (κ2) is 10.4. The van der Waals surface area contributed by atoms with Crippen LogP contribution in [0.5, 0.6) is 5.75 Å². The molecular weight excluding hydrogens is 460 g/mol. The smallest absolute Gasteiger partial charge is 0.255 e. The van der Waals surface area contributed by atoms with E-state index >= 15 is 0 Å². The van der Waals surface area contributed by atoms with Crippen LogP contribution < -0.4 is 10.1 Å². The molecule has 1 aliphatic rings. The summed E-state index contributed by atoms with van der Waals surface area (Å²) in [4.78, 5) is 15.0. The molecule has 1 N–H and O–H groups in total. The first-order valence-corrected chi connectivity index (χ1v) is 12.6. The minimum atomic E-state index is -3.84. The summed E-state index contributed by atoms with van der Waals surface area (Å²) in [6, 6.07) is 21.8. The Morgan fingerprint density at radius 2 is 1.70 bits per heavy atom. The average Bonchev–Trinajstić information content (AvgIpc) is 2.86. The highest BCUT2D eigenvalue weighted by atomic mass is 32.2. The molecule has 172 valence electrons. The van der Waals surface area contributed by atoms with Crippen molar-refractivity contribution in [2.45, 2.75) is 14.7 Å². The molecule has 7 nitrogen and oxygen atoms in total. The fourth-order valence-corrected chi connectivity index (χ4v) is 5.93. The van der Waals surface area contributed by atoms with E-state index in [0.717, 1.165) is 9.79 Å². The molecule has 0 aromatic heterocycles. The first-order valence-electron chi connectivity index (χ1n) is 10.4. The fourth-order valence-electron chi connectivity index (χ4n) is 3.41. The van der Waals surface area contributed by atoms with E-state index < -0.39 is 15.9 Å². The Kier molecular flexibility index (Phi) is 7.34. The zero-order valence-corrected chi connectivity index (χ0v) is 19.7. The summed E-state index contributed by atoms with van der Waals surface area (Å²) in [5.74, 6) is -0.213. The van der Waals surface area contributed by atoms with Crippen molar-refractivity contribution in [2.75, 3.05) is 38.7 Å². The normalized spacial score (nSPS) is 14.6. The number of morpholine rings is 1. The first kappa shape index (κ1) is 23.3. The second-order valence-corrected chi connectivity index (χ2v) is 10.3. The highest BCUT2D eigenvalue weighted by Gasteiger charge is 2.30. The number of amides is 1. The molecule has 0 bridgehead atoms. The predicted octanol–water partition coefficient (Wildman–Crippen LogP) is 4.12. The molecule has 0 radical (unpaired) electrons. The lowest BCUT2D eigenvalue weighted by atomic mass is 10.2. The van der Waals surface area contributed by atoms with E-state index in [1.807, 2.05) is 54.6 Å². The van der Waals surface area contributed by atoms with E-state index in [1.54, 1.807) is 6.07 Å². The van der Waals surface area contributed by atoms with Gasteiger partial charge in [0.05, 0.1) is 26.0 Å². The Balaban J connectivity index is 1.60. The number of benzene rings is 3. The van der Waals surface area contributed by atoms with Crippen LogP contribution in [0.2, 0.25) is 0 Å². The largest absolute Gasteiger partial charge is 0.495 e. The van der Waals surface area contributed by atoms with Gasteiger partial charge in [0.2, 0.25) is 10.0 Å². The van der Waals surface area contributed by atoms with Crippen LogP contribution in [0.1, 0.15) is 10.4 Å². The van der Waals surface area contributed by atoms with Crippen LogP contribution in [-0.4, -0.2) is 52.0 Å². The second-order valence-electron chi connectivity index (χ2n) is 7.25. The lowest BCUT2D eigenvalue weighted by Crippen LogP contribution is -2.40. The van der Waals surface area contributed by atoms with Crippen molar-refractivity contribution in [1.82, 2.24) is 4.31 Å². The minimum absolute atomic E-state index is 0.0357. The van der Waals surface area contributed by atoms with Gasteiger partial charge >= 0.3 is 0 Å². The summed E-state index contributed by atoms with van der Waals surface area (Å²) >= 11 is 1.53. The molecule has 1 aliphatic heterocycles. The number of hydrogen-bond acceptors (Lipinski definition) is 6. The quantitative estimate of drug-likeness (QED) is 0.543. The molecule has 3 aromatic rings. The molecule has 3 aromatic carbocycles. The van der Waals surface area contributed by atoms with Crippen LogP contribution in [0.15, 0.2) is 87.5 Å². The van der Waals surface area contributed by atoms with Gasteiger partial charge in [0.15, 0.2) is 0 Å². The molecule has 4 rings (SSSR count). The monoisotopic (exact) mass is 484 g/mol.